The smallest absolute Gasteiger partial charge is 0.264 e. The van der Waals surface area contributed by atoms with E-state index in [0.29, 0.717) is 24.1 Å². The molecule has 0 fully saturated rings. The van der Waals surface area contributed by atoms with Crippen molar-refractivity contribution in [1.29, 1.82) is 0 Å². The second-order valence-corrected chi connectivity index (χ2v) is 11.9. The van der Waals surface area contributed by atoms with Crippen molar-refractivity contribution >= 4 is 26.5 Å². The third kappa shape index (κ3) is 6.59. The van der Waals surface area contributed by atoms with Gasteiger partial charge in [-0.05, 0) is 42.3 Å². The fraction of sp³-hybridized carbons (Fsp3) is 0.429. The first-order valence-electron chi connectivity index (χ1n) is 12.1. The summed E-state index contributed by atoms with van der Waals surface area (Å²) in [6, 6.07) is 20.3. The van der Waals surface area contributed by atoms with Gasteiger partial charge in [0.1, 0.15) is 0 Å². The zero-order valence-electron chi connectivity index (χ0n) is 21.0. The Labute approximate surface area is 205 Å². The molecule has 34 heavy (non-hydrogen) atoms. The summed E-state index contributed by atoms with van der Waals surface area (Å²) in [5.41, 5.74) is 1.57. The maximum Gasteiger partial charge on any atom is 0.264 e. The highest BCUT2D eigenvalue weighted by molar-refractivity contribution is 7.92. The third-order valence-corrected chi connectivity index (χ3v) is 7.53. The van der Waals surface area contributed by atoms with Crippen molar-refractivity contribution in [3.63, 3.8) is 0 Å². The Morgan fingerprint density at radius 1 is 0.765 bits per heavy atom. The van der Waals surface area contributed by atoms with Crippen LogP contribution in [0, 0.1) is 18.8 Å². The molecule has 3 rings (SSSR count). The monoisotopic (exact) mass is 482 g/mol. The fourth-order valence-corrected chi connectivity index (χ4v) is 5.91. The minimum atomic E-state index is -3.88. The van der Waals surface area contributed by atoms with E-state index in [9.17, 15) is 13.5 Å². The highest BCUT2D eigenvalue weighted by Gasteiger charge is 2.29. The highest BCUT2D eigenvalue weighted by Crippen LogP contribution is 2.31. The van der Waals surface area contributed by atoms with Crippen LogP contribution in [-0.4, -0.2) is 50.7 Å². The molecule has 6 heteroatoms. The molecule has 0 bridgehead atoms. The number of benzene rings is 3. The zero-order valence-corrected chi connectivity index (χ0v) is 21.8. The maximum atomic E-state index is 13.9. The lowest BCUT2D eigenvalue weighted by Crippen LogP contribution is -2.44. The fourth-order valence-electron chi connectivity index (χ4n) is 4.39. The molecular formula is C28H38N2O3S. The van der Waals surface area contributed by atoms with Crippen molar-refractivity contribution in [2.24, 2.45) is 11.8 Å². The van der Waals surface area contributed by atoms with Crippen molar-refractivity contribution in [2.75, 3.05) is 30.5 Å². The van der Waals surface area contributed by atoms with Crippen LogP contribution in [0.4, 0.5) is 5.69 Å². The first-order chi connectivity index (χ1) is 16.1. The minimum absolute atomic E-state index is 0.0170. The van der Waals surface area contributed by atoms with Gasteiger partial charge in [0, 0.05) is 25.0 Å². The lowest BCUT2D eigenvalue weighted by atomic mass is 10.1. The summed E-state index contributed by atoms with van der Waals surface area (Å²) in [6.07, 6.45) is -0.836. The average Bonchev–Trinajstić information content (AvgIpc) is 2.76. The van der Waals surface area contributed by atoms with E-state index in [1.807, 2.05) is 49.4 Å². The standard InChI is InChI=1S/C28H38N2O3S/c1-21(2)17-29(18-22(3)4)19-25(31)20-30(34(32,33)26-15-13-23(5)14-16-26)28-12-8-10-24-9-6-7-11-27(24)28/h6-16,21-22,25,31H,17-20H2,1-5H3/t25-/m0/s1. The number of aliphatic hydroxyl groups excluding tert-OH is 1. The summed E-state index contributed by atoms with van der Waals surface area (Å²) in [6.45, 7) is 12.7. The van der Waals surface area contributed by atoms with Gasteiger partial charge in [0.25, 0.3) is 10.0 Å². The van der Waals surface area contributed by atoms with Crippen LogP contribution in [0.25, 0.3) is 10.8 Å². The Bertz CT molecular complexity index is 1160. The number of fused-ring (bicyclic) bond motifs is 1. The first kappa shape index (κ1) is 26.2. The van der Waals surface area contributed by atoms with Crippen LogP contribution in [0.5, 0.6) is 0 Å². The Morgan fingerprint density at radius 2 is 1.35 bits per heavy atom. The summed E-state index contributed by atoms with van der Waals surface area (Å²) in [4.78, 5) is 2.46. The number of aryl methyl sites for hydroxylation is 1. The molecule has 0 radical (unpaired) electrons. The lowest BCUT2D eigenvalue weighted by molar-refractivity contribution is 0.104. The van der Waals surface area contributed by atoms with Gasteiger partial charge in [-0.15, -0.1) is 0 Å². The topological polar surface area (TPSA) is 60.9 Å². The van der Waals surface area contributed by atoms with E-state index >= 15 is 0 Å². The Morgan fingerprint density at radius 3 is 1.97 bits per heavy atom. The lowest BCUT2D eigenvalue weighted by Gasteiger charge is -2.32. The summed E-state index contributed by atoms with van der Waals surface area (Å²) in [7, 11) is -3.88. The van der Waals surface area contributed by atoms with Crippen LogP contribution in [0.2, 0.25) is 0 Å². The normalized spacial score (nSPS) is 13.2. The third-order valence-electron chi connectivity index (χ3n) is 5.74. The van der Waals surface area contributed by atoms with Crippen molar-refractivity contribution in [1.82, 2.24) is 4.90 Å². The molecule has 0 unspecified atom stereocenters. The molecule has 184 valence electrons. The van der Waals surface area contributed by atoms with E-state index in [1.54, 1.807) is 24.3 Å². The highest BCUT2D eigenvalue weighted by atomic mass is 32.2. The van der Waals surface area contributed by atoms with Crippen molar-refractivity contribution in [2.45, 2.75) is 45.6 Å². The molecule has 0 aliphatic carbocycles. The van der Waals surface area contributed by atoms with E-state index in [0.717, 1.165) is 29.4 Å². The van der Waals surface area contributed by atoms with E-state index in [2.05, 4.69) is 32.6 Å². The van der Waals surface area contributed by atoms with Gasteiger partial charge >= 0.3 is 0 Å². The van der Waals surface area contributed by atoms with Crippen LogP contribution in [0.15, 0.2) is 71.6 Å². The second-order valence-electron chi connectivity index (χ2n) is 10.0. The molecule has 0 spiro atoms. The van der Waals surface area contributed by atoms with Gasteiger partial charge in [0.2, 0.25) is 0 Å². The number of sulfonamides is 1. The molecule has 0 heterocycles. The van der Waals surface area contributed by atoms with Gasteiger partial charge in [-0.1, -0.05) is 81.8 Å². The molecule has 0 aliphatic rings. The summed E-state index contributed by atoms with van der Waals surface area (Å²) in [5.74, 6) is 0.910. The van der Waals surface area contributed by atoms with E-state index < -0.39 is 16.1 Å². The van der Waals surface area contributed by atoms with Gasteiger partial charge < -0.3 is 10.0 Å². The SMILES string of the molecule is Cc1ccc(S(=O)(=O)N(C[C@@H](O)CN(CC(C)C)CC(C)C)c2cccc3ccccc23)cc1. The molecule has 0 amide bonds. The van der Waals surface area contributed by atoms with Crippen LogP contribution in [0.1, 0.15) is 33.3 Å². The molecule has 0 aliphatic heterocycles. The van der Waals surface area contributed by atoms with Crippen molar-refractivity contribution in [3.8, 4) is 0 Å². The van der Waals surface area contributed by atoms with Gasteiger partial charge in [-0.3, -0.25) is 4.31 Å². The van der Waals surface area contributed by atoms with Gasteiger partial charge in [-0.2, -0.15) is 0 Å². The maximum absolute atomic E-state index is 13.9. The first-order valence-corrected chi connectivity index (χ1v) is 13.5. The van der Waals surface area contributed by atoms with E-state index in [1.165, 1.54) is 4.31 Å². The predicted octanol–water partition coefficient (Wildman–Crippen LogP) is 5.32. The van der Waals surface area contributed by atoms with Crippen LogP contribution >= 0.6 is 0 Å². The molecule has 5 nitrogen and oxygen atoms in total. The second kappa shape index (κ2) is 11.3. The number of rotatable bonds is 11. The number of aliphatic hydroxyl groups is 1. The molecule has 1 N–H and O–H groups in total. The van der Waals surface area contributed by atoms with Crippen LogP contribution in [-0.2, 0) is 10.0 Å². The van der Waals surface area contributed by atoms with Crippen molar-refractivity contribution < 1.29 is 13.5 Å². The van der Waals surface area contributed by atoms with E-state index in [-0.39, 0.29) is 11.4 Å². The van der Waals surface area contributed by atoms with Crippen molar-refractivity contribution in [3.05, 3.63) is 72.3 Å². The number of nitrogens with zero attached hydrogens (tertiary/aromatic N) is 2. The van der Waals surface area contributed by atoms with Gasteiger partial charge in [0.15, 0.2) is 0 Å². The quantitative estimate of drug-likeness (QED) is 0.402. The molecule has 0 saturated heterocycles. The molecule has 3 aromatic carbocycles. The minimum Gasteiger partial charge on any atom is -0.390 e. The largest absolute Gasteiger partial charge is 0.390 e. The van der Waals surface area contributed by atoms with Crippen LogP contribution in [0.3, 0.4) is 0 Å². The average molecular weight is 483 g/mol. The molecule has 3 aromatic rings. The summed E-state index contributed by atoms with van der Waals surface area (Å²) >= 11 is 0. The van der Waals surface area contributed by atoms with Gasteiger partial charge in [-0.25, -0.2) is 8.42 Å². The molecule has 0 aromatic heterocycles. The summed E-state index contributed by atoms with van der Waals surface area (Å²) in [5, 5.41) is 13.0. The van der Waals surface area contributed by atoms with E-state index in [4.69, 9.17) is 0 Å². The molecule has 0 saturated carbocycles. The van der Waals surface area contributed by atoms with Gasteiger partial charge in [0.05, 0.1) is 23.2 Å². The number of hydrogen-bond donors (Lipinski definition) is 1. The Kier molecular flexibility index (Phi) is 8.74. The Balaban J connectivity index is 2.00. The zero-order chi connectivity index (χ0) is 24.9. The van der Waals surface area contributed by atoms with Crippen LogP contribution < -0.4 is 4.31 Å². The molecule has 1 atom stereocenters. The molecular weight excluding hydrogens is 444 g/mol. The Hall–Kier alpha value is -2.41. The number of anilines is 1. The number of hydrogen-bond acceptors (Lipinski definition) is 4. The predicted molar refractivity (Wildman–Crippen MR) is 142 cm³/mol. The summed E-state index contributed by atoms with van der Waals surface area (Å²) < 4.78 is 29.1.